The smallest absolute Gasteiger partial charge is 0.211 e. The second-order valence-corrected chi connectivity index (χ2v) is 6.30. The minimum atomic E-state index is -0.405. The van der Waals surface area contributed by atoms with Crippen LogP contribution in [0.1, 0.15) is 31.7 Å². The highest BCUT2D eigenvalue weighted by atomic mass is 35.5. The quantitative estimate of drug-likeness (QED) is 0.683. The summed E-state index contributed by atoms with van der Waals surface area (Å²) < 4.78 is 12.8. The molecule has 1 saturated carbocycles. The number of benzene rings is 2. The van der Waals surface area contributed by atoms with Crippen molar-refractivity contribution in [3.8, 4) is 0 Å². The summed E-state index contributed by atoms with van der Waals surface area (Å²) in [6.07, 6.45) is 5.52. The number of amides is 2. The Hall–Kier alpha value is -2.40. The van der Waals surface area contributed by atoms with E-state index in [9.17, 15) is 14.0 Å². The van der Waals surface area contributed by atoms with Gasteiger partial charge in [-0.25, -0.2) is 4.39 Å². The maximum absolute atomic E-state index is 12.8. The molecule has 1 aliphatic carbocycles. The van der Waals surface area contributed by atoms with Gasteiger partial charge in [-0.1, -0.05) is 43.9 Å². The van der Waals surface area contributed by atoms with Crippen LogP contribution in [0.3, 0.4) is 0 Å². The fourth-order valence-corrected chi connectivity index (χ4v) is 2.07. The lowest BCUT2D eigenvalue weighted by molar-refractivity contribution is -0.106. The number of halogens is 2. The second kappa shape index (κ2) is 12.0. The SMILES string of the molecule is CCC1CC1.Cc1ccc(NC=O)c(F)c1.O=CNc1ccc(Cl)cc1. The molecule has 0 unspecified atom stereocenters. The summed E-state index contributed by atoms with van der Waals surface area (Å²) in [7, 11) is 0. The lowest BCUT2D eigenvalue weighted by Crippen LogP contribution is -1.96. The molecule has 0 atom stereocenters. The molecule has 140 valence electrons. The zero-order valence-corrected chi connectivity index (χ0v) is 15.7. The van der Waals surface area contributed by atoms with Crippen LogP contribution >= 0.6 is 11.6 Å². The van der Waals surface area contributed by atoms with Crippen LogP contribution in [-0.4, -0.2) is 12.8 Å². The standard InChI is InChI=1S/C8H8FNO.C7H6ClNO.C5H10/c1-6-2-3-8(10-5-11)7(9)4-6;8-6-1-3-7(4-2-6)9-5-10;1-2-5-3-4-5/h2-5H,1H3,(H,10,11);1-5H,(H,9,10);5H,2-4H2,1H3. The van der Waals surface area contributed by atoms with Gasteiger partial charge in [0.1, 0.15) is 5.82 Å². The molecule has 0 bridgehead atoms. The van der Waals surface area contributed by atoms with Crippen molar-refractivity contribution in [3.05, 3.63) is 58.9 Å². The summed E-state index contributed by atoms with van der Waals surface area (Å²) >= 11 is 5.60. The first-order valence-corrected chi connectivity index (χ1v) is 8.80. The third kappa shape index (κ3) is 9.18. The fraction of sp³-hybridized carbons (Fsp3) is 0.300. The van der Waals surface area contributed by atoms with Gasteiger partial charge < -0.3 is 10.6 Å². The average molecular weight is 379 g/mol. The molecule has 0 aliphatic heterocycles. The number of rotatable bonds is 5. The zero-order chi connectivity index (χ0) is 19.4. The van der Waals surface area contributed by atoms with Gasteiger partial charge in [-0.2, -0.15) is 0 Å². The molecule has 6 heteroatoms. The minimum Gasteiger partial charge on any atom is -0.329 e. The van der Waals surface area contributed by atoms with E-state index in [0.29, 0.717) is 17.8 Å². The molecule has 4 nitrogen and oxygen atoms in total. The molecular weight excluding hydrogens is 355 g/mol. The van der Waals surface area contributed by atoms with E-state index in [1.54, 1.807) is 37.3 Å². The van der Waals surface area contributed by atoms with E-state index >= 15 is 0 Å². The molecule has 26 heavy (non-hydrogen) atoms. The van der Waals surface area contributed by atoms with Crippen LogP contribution < -0.4 is 10.6 Å². The summed E-state index contributed by atoms with van der Waals surface area (Å²) in [5.74, 6) is 0.729. The topological polar surface area (TPSA) is 58.2 Å². The number of anilines is 2. The summed E-state index contributed by atoms with van der Waals surface area (Å²) in [4.78, 5) is 19.8. The molecule has 2 amide bonds. The van der Waals surface area contributed by atoms with E-state index < -0.39 is 5.82 Å². The van der Waals surface area contributed by atoms with Crippen molar-refractivity contribution in [2.24, 2.45) is 5.92 Å². The van der Waals surface area contributed by atoms with E-state index in [1.165, 1.54) is 31.4 Å². The van der Waals surface area contributed by atoms with Gasteiger partial charge in [0.05, 0.1) is 5.69 Å². The fourth-order valence-electron chi connectivity index (χ4n) is 1.94. The van der Waals surface area contributed by atoms with Crippen molar-refractivity contribution in [1.29, 1.82) is 0 Å². The molecule has 1 fully saturated rings. The van der Waals surface area contributed by atoms with Crippen molar-refractivity contribution >= 4 is 35.8 Å². The second-order valence-electron chi connectivity index (χ2n) is 5.87. The van der Waals surface area contributed by atoms with Gasteiger partial charge in [-0.05, 0) is 54.8 Å². The van der Waals surface area contributed by atoms with Gasteiger partial charge >= 0.3 is 0 Å². The summed E-state index contributed by atoms with van der Waals surface area (Å²) in [5.41, 5.74) is 1.80. The molecule has 2 aromatic rings. The number of aryl methyl sites for hydroxylation is 1. The van der Waals surface area contributed by atoms with Gasteiger partial charge in [0, 0.05) is 10.7 Å². The van der Waals surface area contributed by atoms with Gasteiger partial charge in [-0.15, -0.1) is 0 Å². The highest BCUT2D eigenvalue weighted by Crippen LogP contribution is 2.31. The highest BCUT2D eigenvalue weighted by Gasteiger charge is 2.17. The molecule has 0 spiro atoms. The van der Waals surface area contributed by atoms with Crippen molar-refractivity contribution in [3.63, 3.8) is 0 Å². The van der Waals surface area contributed by atoms with E-state index in [0.717, 1.165) is 17.2 Å². The maximum Gasteiger partial charge on any atom is 0.211 e. The number of carbonyl (C=O) groups excluding carboxylic acids is 2. The molecule has 3 rings (SSSR count). The Kier molecular flexibility index (Phi) is 10.0. The first-order valence-electron chi connectivity index (χ1n) is 8.42. The van der Waals surface area contributed by atoms with Crippen LogP contribution in [-0.2, 0) is 9.59 Å². The van der Waals surface area contributed by atoms with Crippen molar-refractivity contribution in [2.75, 3.05) is 10.6 Å². The van der Waals surface area contributed by atoms with Crippen LogP contribution in [0, 0.1) is 18.7 Å². The Morgan fingerprint density at radius 3 is 2.12 bits per heavy atom. The van der Waals surface area contributed by atoms with Crippen LogP contribution in [0.25, 0.3) is 0 Å². The van der Waals surface area contributed by atoms with E-state index in [1.807, 2.05) is 0 Å². The number of hydrogen-bond donors (Lipinski definition) is 2. The van der Waals surface area contributed by atoms with E-state index in [2.05, 4.69) is 17.6 Å². The van der Waals surface area contributed by atoms with Gasteiger partial charge in [-0.3, -0.25) is 9.59 Å². The molecule has 2 N–H and O–H groups in total. The highest BCUT2D eigenvalue weighted by molar-refractivity contribution is 6.30. The average Bonchev–Trinajstić information content (AvgIpc) is 3.45. The van der Waals surface area contributed by atoms with Gasteiger partial charge in [0.25, 0.3) is 0 Å². The van der Waals surface area contributed by atoms with E-state index in [-0.39, 0.29) is 5.69 Å². The minimum absolute atomic E-state index is 0.214. The zero-order valence-electron chi connectivity index (χ0n) is 15.0. The predicted octanol–water partition coefficient (Wildman–Crippen LogP) is 5.42. The number of carbonyl (C=O) groups is 2. The summed E-state index contributed by atoms with van der Waals surface area (Å²) in [5, 5.41) is 5.41. The Balaban J connectivity index is 0.000000208. The van der Waals surface area contributed by atoms with Crippen molar-refractivity contribution in [1.82, 2.24) is 0 Å². The number of hydrogen-bond acceptors (Lipinski definition) is 2. The Labute approximate surface area is 158 Å². The molecule has 0 heterocycles. The Morgan fingerprint density at radius 1 is 1.08 bits per heavy atom. The van der Waals surface area contributed by atoms with Crippen molar-refractivity contribution in [2.45, 2.75) is 33.1 Å². The monoisotopic (exact) mass is 378 g/mol. The Morgan fingerprint density at radius 2 is 1.69 bits per heavy atom. The van der Waals surface area contributed by atoms with Gasteiger partial charge in [0.2, 0.25) is 12.8 Å². The molecule has 0 saturated heterocycles. The lowest BCUT2D eigenvalue weighted by Gasteiger charge is -2.00. The lowest BCUT2D eigenvalue weighted by atomic mass is 10.2. The first-order chi connectivity index (χ1) is 12.5. The van der Waals surface area contributed by atoms with Gasteiger partial charge in [0.15, 0.2) is 0 Å². The normalized spacial score (nSPS) is 11.8. The largest absolute Gasteiger partial charge is 0.329 e. The van der Waals surface area contributed by atoms with Crippen molar-refractivity contribution < 1.29 is 14.0 Å². The molecule has 0 radical (unpaired) electrons. The molecular formula is C20H24ClFN2O2. The summed E-state index contributed by atoms with van der Waals surface area (Å²) in [6, 6.07) is 11.5. The first kappa shape index (κ1) is 21.6. The third-order valence-corrected chi connectivity index (χ3v) is 3.94. The van der Waals surface area contributed by atoms with Crippen LogP contribution in [0.15, 0.2) is 42.5 Å². The van der Waals surface area contributed by atoms with Crippen LogP contribution in [0.2, 0.25) is 5.02 Å². The maximum atomic E-state index is 12.8. The Bertz CT molecular complexity index is 689. The predicted molar refractivity (Wildman–Crippen MR) is 105 cm³/mol. The van der Waals surface area contributed by atoms with E-state index in [4.69, 9.17) is 11.6 Å². The third-order valence-electron chi connectivity index (χ3n) is 3.68. The molecule has 2 aromatic carbocycles. The molecule has 1 aliphatic rings. The molecule has 0 aromatic heterocycles. The summed E-state index contributed by atoms with van der Waals surface area (Å²) in [6.45, 7) is 4.05. The van der Waals surface area contributed by atoms with Crippen LogP contribution in [0.5, 0.6) is 0 Å². The number of nitrogens with one attached hydrogen (secondary N) is 2. The van der Waals surface area contributed by atoms with Crippen LogP contribution in [0.4, 0.5) is 15.8 Å².